The topological polar surface area (TPSA) is 16.1 Å². The highest BCUT2D eigenvalue weighted by molar-refractivity contribution is 7.99. The first-order valence-corrected chi connectivity index (χ1v) is 6.48. The lowest BCUT2D eigenvalue weighted by Crippen LogP contribution is -2.31. The number of thioether (sulfide) groups is 1. The molecule has 0 N–H and O–H groups in total. The SMILES string of the molecule is CN(c1ccc(C(F)(F)F)cn1)[C@@H]1CCSC1. The Hall–Kier alpha value is -0.910. The van der Waals surface area contributed by atoms with Crippen molar-refractivity contribution < 1.29 is 13.2 Å². The van der Waals surface area contributed by atoms with E-state index < -0.39 is 11.7 Å². The van der Waals surface area contributed by atoms with E-state index in [1.807, 2.05) is 23.7 Å². The quantitative estimate of drug-likeness (QED) is 0.815. The van der Waals surface area contributed by atoms with Gasteiger partial charge in [-0.2, -0.15) is 24.9 Å². The third-order valence-corrected chi connectivity index (χ3v) is 4.03. The highest BCUT2D eigenvalue weighted by atomic mass is 32.2. The maximum atomic E-state index is 12.4. The fourth-order valence-electron chi connectivity index (χ4n) is 1.78. The molecule has 2 rings (SSSR count). The first-order chi connectivity index (χ1) is 7.98. The molecule has 0 spiro atoms. The van der Waals surface area contributed by atoms with Crippen LogP contribution in [0.4, 0.5) is 19.0 Å². The summed E-state index contributed by atoms with van der Waals surface area (Å²) < 4.78 is 37.1. The second kappa shape index (κ2) is 4.76. The van der Waals surface area contributed by atoms with E-state index in [0.717, 1.165) is 30.2 Å². The number of pyridine rings is 1. The van der Waals surface area contributed by atoms with Gasteiger partial charge in [0.05, 0.1) is 5.56 Å². The Morgan fingerprint density at radius 2 is 2.18 bits per heavy atom. The van der Waals surface area contributed by atoms with Gasteiger partial charge < -0.3 is 4.90 Å². The van der Waals surface area contributed by atoms with Crippen LogP contribution in [0, 0.1) is 0 Å². The van der Waals surface area contributed by atoms with Gasteiger partial charge in [0.25, 0.3) is 0 Å². The highest BCUT2D eigenvalue weighted by Gasteiger charge is 2.31. The molecule has 0 aromatic carbocycles. The van der Waals surface area contributed by atoms with Gasteiger partial charge in [-0.15, -0.1) is 0 Å². The van der Waals surface area contributed by atoms with Gasteiger partial charge in [0.15, 0.2) is 0 Å². The van der Waals surface area contributed by atoms with E-state index >= 15 is 0 Å². The first-order valence-electron chi connectivity index (χ1n) is 5.32. The Morgan fingerprint density at radius 1 is 1.41 bits per heavy atom. The van der Waals surface area contributed by atoms with Gasteiger partial charge in [-0.1, -0.05) is 0 Å². The minimum Gasteiger partial charge on any atom is -0.356 e. The van der Waals surface area contributed by atoms with Crippen LogP contribution in [0.1, 0.15) is 12.0 Å². The van der Waals surface area contributed by atoms with Gasteiger partial charge in [0, 0.05) is 25.0 Å². The van der Waals surface area contributed by atoms with Gasteiger partial charge >= 0.3 is 6.18 Å². The van der Waals surface area contributed by atoms with Crippen molar-refractivity contribution >= 4 is 17.6 Å². The first kappa shape index (κ1) is 12.5. The monoisotopic (exact) mass is 262 g/mol. The molecule has 1 atom stereocenters. The van der Waals surface area contributed by atoms with Crippen LogP contribution in [0.25, 0.3) is 0 Å². The molecule has 1 aromatic heterocycles. The fraction of sp³-hybridized carbons (Fsp3) is 0.545. The molecule has 0 saturated carbocycles. The summed E-state index contributed by atoms with van der Waals surface area (Å²) in [7, 11) is 1.88. The van der Waals surface area contributed by atoms with Crippen molar-refractivity contribution in [1.29, 1.82) is 0 Å². The van der Waals surface area contributed by atoms with Gasteiger partial charge in [0.1, 0.15) is 5.82 Å². The number of alkyl halides is 3. The Balaban J connectivity index is 2.12. The predicted octanol–water partition coefficient (Wildman–Crippen LogP) is 3.04. The summed E-state index contributed by atoms with van der Waals surface area (Å²) in [5, 5.41) is 0. The van der Waals surface area contributed by atoms with Crippen molar-refractivity contribution in [2.45, 2.75) is 18.6 Å². The van der Waals surface area contributed by atoms with Crippen LogP contribution in [-0.4, -0.2) is 29.6 Å². The van der Waals surface area contributed by atoms with E-state index in [9.17, 15) is 13.2 Å². The molecule has 1 saturated heterocycles. The summed E-state index contributed by atoms with van der Waals surface area (Å²) in [6.07, 6.45) is -2.36. The molecule has 6 heteroatoms. The van der Waals surface area contributed by atoms with Gasteiger partial charge in [-0.3, -0.25) is 0 Å². The molecular formula is C11H13F3N2S. The lowest BCUT2D eigenvalue weighted by molar-refractivity contribution is -0.137. The third-order valence-electron chi connectivity index (χ3n) is 2.89. The number of rotatable bonds is 2. The zero-order valence-electron chi connectivity index (χ0n) is 9.37. The smallest absolute Gasteiger partial charge is 0.356 e. The van der Waals surface area contributed by atoms with Crippen molar-refractivity contribution in [3.05, 3.63) is 23.9 Å². The largest absolute Gasteiger partial charge is 0.417 e. The molecule has 94 valence electrons. The predicted molar refractivity (Wildman–Crippen MR) is 63.4 cm³/mol. The van der Waals surface area contributed by atoms with Crippen LogP contribution >= 0.6 is 11.8 Å². The summed E-state index contributed by atoms with van der Waals surface area (Å²) in [6, 6.07) is 2.90. The number of nitrogens with zero attached hydrogens (tertiary/aromatic N) is 2. The molecule has 1 aliphatic heterocycles. The number of anilines is 1. The Labute approximate surface area is 102 Å². The van der Waals surface area contributed by atoms with Gasteiger partial charge in [-0.25, -0.2) is 4.98 Å². The second-order valence-corrected chi connectivity index (χ2v) is 5.18. The van der Waals surface area contributed by atoms with Crippen molar-refractivity contribution in [3.8, 4) is 0 Å². The van der Waals surface area contributed by atoms with Gasteiger partial charge in [0.2, 0.25) is 0 Å². The number of hydrogen-bond donors (Lipinski definition) is 0. The summed E-state index contributed by atoms with van der Waals surface area (Å²) in [4.78, 5) is 5.84. The van der Waals surface area contributed by atoms with Crippen molar-refractivity contribution in [2.75, 3.05) is 23.5 Å². The number of aromatic nitrogens is 1. The van der Waals surface area contributed by atoms with Crippen LogP contribution in [-0.2, 0) is 6.18 Å². The van der Waals surface area contributed by atoms with Crippen molar-refractivity contribution in [3.63, 3.8) is 0 Å². The van der Waals surface area contributed by atoms with Crippen LogP contribution in [0.5, 0.6) is 0 Å². The summed E-state index contributed by atoms with van der Waals surface area (Å²) in [5.74, 6) is 2.72. The van der Waals surface area contributed by atoms with Crippen molar-refractivity contribution in [1.82, 2.24) is 4.98 Å². The molecule has 2 heterocycles. The number of halogens is 3. The van der Waals surface area contributed by atoms with E-state index in [1.54, 1.807) is 0 Å². The molecule has 0 unspecified atom stereocenters. The van der Waals surface area contributed by atoms with E-state index in [0.29, 0.717) is 11.9 Å². The van der Waals surface area contributed by atoms with E-state index in [4.69, 9.17) is 0 Å². The number of hydrogen-bond acceptors (Lipinski definition) is 3. The second-order valence-electron chi connectivity index (χ2n) is 4.03. The minimum absolute atomic E-state index is 0.379. The highest BCUT2D eigenvalue weighted by Crippen LogP contribution is 2.30. The van der Waals surface area contributed by atoms with Crippen LogP contribution in [0.15, 0.2) is 18.3 Å². The summed E-state index contributed by atoms with van der Waals surface area (Å²) in [5.41, 5.74) is -0.699. The summed E-state index contributed by atoms with van der Waals surface area (Å²) in [6.45, 7) is 0. The Bertz CT molecular complexity index is 371. The molecule has 0 amide bonds. The average Bonchev–Trinajstić information content (AvgIpc) is 2.80. The van der Waals surface area contributed by atoms with Gasteiger partial charge in [-0.05, 0) is 24.3 Å². The normalized spacial score (nSPS) is 20.6. The lowest BCUT2D eigenvalue weighted by Gasteiger charge is -2.24. The van der Waals surface area contributed by atoms with E-state index in [-0.39, 0.29) is 0 Å². The van der Waals surface area contributed by atoms with Crippen LogP contribution < -0.4 is 4.90 Å². The molecular weight excluding hydrogens is 249 g/mol. The average molecular weight is 262 g/mol. The van der Waals surface area contributed by atoms with Crippen LogP contribution in [0.2, 0.25) is 0 Å². The lowest BCUT2D eigenvalue weighted by atomic mass is 10.2. The third kappa shape index (κ3) is 2.86. The molecule has 17 heavy (non-hydrogen) atoms. The molecule has 1 fully saturated rings. The zero-order valence-corrected chi connectivity index (χ0v) is 10.2. The maximum absolute atomic E-state index is 12.4. The molecule has 1 aromatic rings. The molecule has 1 aliphatic rings. The maximum Gasteiger partial charge on any atom is 0.417 e. The summed E-state index contributed by atoms with van der Waals surface area (Å²) >= 11 is 1.86. The Morgan fingerprint density at radius 3 is 2.65 bits per heavy atom. The molecule has 2 nitrogen and oxygen atoms in total. The standard InChI is InChI=1S/C11H13F3N2S/c1-16(9-4-5-17-7-9)10-3-2-8(6-15-10)11(12,13)14/h2-3,6,9H,4-5,7H2,1H3/t9-/m1/s1. The van der Waals surface area contributed by atoms with E-state index in [2.05, 4.69) is 4.98 Å². The molecule has 0 radical (unpaired) electrons. The zero-order chi connectivity index (χ0) is 12.5. The Kier molecular flexibility index (Phi) is 3.51. The van der Waals surface area contributed by atoms with Crippen LogP contribution in [0.3, 0.4) is 0 Å². The van der Waals surface area contributed by atoms with Crippen molar-refractivity contribution in [2.24, 2.45) is 0 Å². The minimum atomic E-state index is -4.31. The molecule has 0 aliphatic carbocycles. The van der Waals surface area contributed by atoms with E-state index in [1.165, 1.54) is 6.07 Å². The fourth-order valence-corrected chi connectivity index (χ4v) is 3.04. The molecule has 0 bridgehead atoms.